The zero-order valence-electron chi connectivity index (χ0n) is 7.43. The van der Waals surface area contributed by atoms with E-state index in [9.17, 15) is 4.79 Å². The number of halogens is 1. The molecule has 14 heavy (non-hydrogen) atoms. The summed E-state index contributed by atoms with van der Waals surface area (Å²) >= 11 is 8.46. The Hall–Kier alpha value is -1.00. The smallest absolute Gasteiger partial charge is 0.367 e. The fraction of sp³-hybridized carbons (Fsp3) is 0.111. The maximum absolute atomic E-state index is 10.5. The van der Waals surface area contributed by atoms with Crippen LogP contribution in [-0.2, 0) is 17.4 Å². The summed E-state index contributed by atoms with van der Waals surface area (Å²) in [6, 6.07) is 5.00. The molecule has 1 aromatic carbocycles. The van der Waals surface area contributed by atoms with Crippen LogP contribution in [0.15, 0.2) is 18.2 Å². The minimum atomic E-state index is -0.702. The molecule has 0 unspecified atom stereocenters. The first-order valence-electron chi connectivity index (χ1n) is 3.79. The molecule has 0 atom stereocenters. The molecule has 74 valence electrons. The van der Waals surface area contributed by atoms with Crippen LogP contribution in [0, 0.1) is 12.3 Å². The minimum absolute atomic E-state index is 0.230. The molecule has 0 radical (unpaired) electrons. The van der Waals surface area contributed by atoms with Gasteiger partial charge in [-0.3, -0.25) is 5.41 Å². The number of hydrogen-bond acceptors (Lipinski definition) is 3. The molecule has 0 spiro atoms. The SMILES string of the molecule is Cc1ccc(C(=N)OC(=O)[SH2+])cc1Cl. The predicted octanol–water partition coefficient (Wildman–Crippen LogP) is 2.12. The van der Waals surface area contributed by atoms with Crippen molar-refractivity contribution < 1.29 is 9.53 Å². The standard InChI is InChI=1S/C9H8ClNO2S/c1-5-2-3-6(4-7(5)10)8(11)13-9(12)14/h2-4,11H,1H3,(H,12,14)/p+1. The van der Waals surface area contributed by atoms with Crippen LogP contribution in [0.5, 0.6) is 0 Å². The Morgan fingerprint density at radius 3 is 2.71 bits per heavy atom. The molecule has 0 aliphatic carbocycles. The molecule has 0 amide bonds. The molecule has 0 aliphatic heterocycles. The van der Waals surface area contributed by atoms with Crippen LogP contribution in [0.25, 0.3) is 0 Å². The van der Waals surface area contributed by atoms with E-state index in [2.05, 4.69) is 17.4 Å². The lowest BCUT2D eigenvalue weighted by atomic mass is 10.1. The van der Waals surface area contributed by atoms with Crippen molar-refractivity contribution in [3.63, 3.8) is 0 Å². The number of rotatable bonds is 1. The third-order valence-electron chi connectivity index (χ3n) is 1.63. The van der Waals surface area contributed by atoms with E-state index < -0.39 is 5.30 Å². The van der Waals surface area contributed by atoms with Gasteiger partial charge >= 0.3 is 5.30 Å². The Bertz CT molecular complexity index is 392. The summed E-state index contributed by atoms with van der Waals surface area (Å²) in [5.41, 5.74) is 1.38. The topological polar surface area (TPSA) is 50.1 Å². The van der Waals surface area contributed by atoms with E-state index in [1.165, 1.54) is 0 Å². The van der Waals surface area contributed by atoms with Crippen LogP contribution >= 0.6 is 11.6 Å². The van der Waals surface area contributed by atoms with Crippen molar-refractivity contribution in [3.8, 4) is 0 Å². The lowest BCUT2D eigenvalue weighted by Gasteiger charge is -2.02. The van der Waals surface area contributed by atoms with Crippen molar-refractivity contribution in [3.05, 3.63) is 34.3 Å². The second kappa shape index (κ2) is 4.48. The first-order chi connectivity index (χ1) is 6.50. The fourth-order valence-corrected chi connectivity index (χ4v) is 1.17. The number of carbonyl (C=O) groups is 1. The number of nitrogens with one attached hydrogen (secondary N) is 1. The molecule has 0 bridgehead atoms. The molecule has 5 heteroatoms. The van der Waals surface area contributed by atoms with Gasteiger partial charge in [0.25, 0.3) is 0 Å². The Kier molecular flexibility index (Phi) is 3.55. The van der Waals surface area contributed by atoms with Gasteiger partial charge in [-0.15, -0.1) is 0 Å². The third-order valence-corrected chi connectivity index (χ3v) is 2.14. The van der Waals surface area contributed by atoms with E-state index in [0.717, 1.165) is 5.56 Å². The molecule has 0 aliphatic rings. The van der Waals surface area contributed by atoms with Gasteiger partial charge < -0.3 is 4.74 Å². The fourth-order valence-electron chi connectivity index (χ4n) is 0.886. The summed E-state index contributed by atoms with van der Waals surface area (Å²) in [6.07, 6.45) is 0. The van der Waals surface area contributed by atoms with E-state index in [1.54, 1.807) is 18.2 Å². The number of benzene rings is 1. The normalized spacial score (nSPS) is 9.64. The van der Waals surface area contributed by atoms with Gasteiger partial charge in [-0.2, -0.15) is 4.79 Å². The monoisotopic (exact) mass is 230 g/mol. The molecule has 0 saturated carbocycles. The number of aryl methyl sites for hydroxylation is 1. The molecule has 0 aromatic heterocycles. The highest BCUT2D eigenvalue weighted by molar-refractivity contribution is 7.76. The van der Waals surface area contributed by atoms with Gasteiger partial charge in [0.15, 0.2) is 0 Å². The summed E-state index contributed by atoms with van der Waals surface area (Å²) in [4.78, 5) is 10.5. The van der Waals surface area contributed by atoms with E-state index in [0.29, 0.717) is 10.6 Å². The summed E-state index contributed by atoms with van der Waals surface area (Å²) < 4.78 is 4.53. The molecular weight excluding hydrogens is 222 g/mol. The van der Waals surface area contributed by atoms with E-state index >= 15 is 0 Å². The lowest BCUT2D eigenvalue weighted by Crippen LogP contribution is -2.08. The van der Waals surface area contributed by atoms with Gasteiger partial charge in [0, 0.05) is 10.6 Å². The van der Waals surface area contributed by atoms with Crippen LogP contribution in [0.1, 0.15) is 11.1 Å². The van der Waals surface area contributed by atoms with E-state index in [-0.39, 0.29) is 5.90 Å². The highest BCUT2D eigenvalue weighted by atomic mass is 35.5. The van der Waals surface area contributed by atoms with Crippen LogP contribution in [0.3, 0.4) is 0 Å². The quantitative estimate of drug-likeness (QED) is 0.348. The summed E-state index contributed by atoms with van der Waals surface area (Å²) in [6.45, 7) is 1.85. The maximum Gasteiger partial charge on any atom is 0.527 e. The average Bonchev–Trinajstić information content (AvgIpc) is 2.08. The second-order valence-electron chi connectivity index (χ2n) is 2.68. The molecule has 1 aromatic rings. The highest BCUT2D eigenvalue weighted by Gasteiger charge is 2.10. The van der Waals surface area contributed by atoms with Crippen LogP contribution < -0.4 is 0 Å². The highest BCUT2D eigenvalue weighted by Crippen LogP contribution is 2.17. The zero-order valence-corrected chi connectivity index (χ0v) is 9.18. The molecule has 0 heterocycles. The summed E-state index contributed by atoms with van der Waals surface area (Å²) in [5, 5.41) is 7.23. The Labute approximate surface area is 91.9 Å². The van der Waals surface area contributed by atoms with Crippen molar-refractivity contribution in [2.75, 3.05) is 0 Å². The summed E-state index contributed by atoms with van der Waals surface area (Å²) in [5.74, 6) is -0.230. The first kappa shape index (κ1) is 11.1. The first-order valence-corrected chi connectivity index (χ1v) is 4.67. The van der Waals surface area contributed by atoms with E-state index in [4.69, 9.17) is 17.0 Å². The van der Waals surface area contributed by atoms with Crippen molar-refractivity contribution >= 4 is 35.4 Å². The molecule has 3 nitrogen and oxygen atoms in total. The van der Waals surface area contributed by atoms with Gasteiger partial charge in [-0.05, 0) is 24.6 Å². The Morgan fingerprint density at radius 1 is 1.57 bits per heavy atom. The lowest BCUT2D eigenvalue weighted by molar-refractivity contribution is 0.224. The minimum Gasteiger partial charge on any atom is -0.367 e. The third kappa shape index (κ3) is 2.75. The largest absolute Gasteiger partial charge is 0.527 e. The number of ether oxygens (including phenoxy) is 1. The molecule has 0 saturated heterocycles. The average molecular weight is 231 g/mol. The van der Waals surface area contributed by atoms with Gasteiger partial charge in [-0.25, -0.2) is 0 Å². The van der Waals surface area contributed by atoms with Crippen molar-refractivity contribution in [1.29, 1.82) is 5.41 Å². The van der Waals surface area contributed by atoms with Crippen molar-refractivity contribution in [2.24, 2.45) is 0 Å². The molecule has 1 rings (SSSR count). The summed E-state index contributed by atoms with van der Waals surface area (Å²) in [7, 11) is 0. The van der Waals surface area contributed by atoms with Gasteiger partial charge in [0.1, 0.15) is 0 Å². The molecule has 1 N–H and O–H groups in total. The van der Waals surface area contributed by atoms with Gasteiger partial charge in [0.05, 0.1) is 12.6 Å². The van der Waals surface area contributed by atoms with Gasteiger partial charge in [-0.1, -0.05) is 17.7 Å². The second-order valence-corrected chi connectivity index (χ2v) is 3.50. The number of hydrogen-bond donors (Lipinski definition) is 1. The van der Waals surface area contributed by atoms with Crippen LogP contribution in [-0.4, -0.2) is 11.2 Å². The molecular formula is C9H9ClNO2S+. The van der Waals surface area contributed by atoms with Crippen LogP contribution in [0.2, 0.25) is 5.02 Å². The molecule has 0 fully saturated rings. The maximum atomic E-state index is 10.5. The van der Waals surface area contributed by atoms with Crippen molar-refractivity contribution in [1.82, 2.24) is 0 Å². The zero-order chi connectivity index (χ0) is 10.7. The Morgan fingerprint density at radius 2 is 2.21 bits per heavy atom. The predicted molar refractivity (Wildman–Crippen MR) is 59.7 cm³/mol. The van der Waals surface area contributed by atoms with Crippen LogP contribution in [0.4, 0.5) is 4.79 Å². The Balaban J connectivity index is 2.91. The number of carbonyl (C=O) groups excluding carboxylic acids is 1. The van der Waals surface area contributed by atoms with Gasteiger partial charge in [0.2, 0.25) is 5.90 Å². The van der Waals surface area contributed by atoms with E-state index in [1.807, 2.05) is 6.92 Å². The van der Waals surface area contributed by atoms with Crippen molar-refractivity contribution in [2.45, 2.75) is 6.92 Å².